The fraction of sp³-hybridized carbons (Fsp3) is 0.538. The predicted octanol–water partition coefficient (Wildman–Crippen LogP) is 1.79. The summed E-state index contributed by atoms with van der Waals surface area (Å²) in [6.45, 7) is 2.06. The second kappa shape index (κ2) is 5.19. The molecule has 19 heavy (non-hydrogen) atoms. The summed E-state index contributed by atoms with van der Waals surface area (Å²) in [7, 11) is -3.83. The second-order valence-corrected chi connectivity index (χ2v) is 6.84. The van der Waals surface area contributed by atoms with Crippen LogP contribution in [0.25, 0.3) is 0 Å². The quantitative estimate of drug-likeness (QED) is 0.838. The molecule has 1 fully saturated rings. The van der Waals surface area contributed by atoms with Crippen molar-refractivity contribution in [1.82, 2.24) is 4.72 Å². The van der Waals surface area contributed by atoms with Crippen molar-refractivity contribution >= 4 is 10.0 Å². The number of aliphatic hydroxyl groups is 1. The van der Waals surface area contributed by atoms with Crippen molar-refractivity contribution in [3.05, 3.63) is 29.6 Å². The summed E-state index contributed by atoms with van der Waals surface area (Å²) in [6.07, 6.45) is 2.94. The first-order valence-electron chi connectivity index (χ1n) is 6.31. The van der Waals surface area contributed by atoms with E-state index in [0.717, 1.165) is 25.3 Å². The first-order valence-corrected chi connectivity index (χ1v) is 7.80. The van der Waals surface area contributed by atoms with Gasteiger partial charge < -0.3 is 5.11 Å². The summed E-state index contributed by atoms with van der Waals surface area (Å²) in [5.41, 5.74) is 0.415. The van der Waals surface area contributed by atoms with Gasteiger partial charge in [0.25, 0.3) is 0 Å². The fourth-order valence-electron chi connectivity index (χ4n) is 2.02. The fourth-order valence-corrected chi connectivity index (χ4v) is 3.23. The van der Waals surface area contributed by atoms with E-state index in [1.807, 2.05) is 6.92 Å². The van der Waals surface area contributed by atoms with Crippen molar-refractivity contribution in [3.63, 3.8) is 0 Å². The largest absolute Gasteiger partial charge is 0.392 e. The first kappa shape index (κ1) is 14.4. The summed E-state index contributed by atoms with van der Waals surface area (Å²) in [6, 6.07) is 3.64. The minimum atomic E-state index is -3.83. The van der Waals surface area contributed by atoms with Crippen LogP contribution in [0.4, 0.5) is 4.39 Å². The molecule has 0 radical (unpaired) electrons. The number of benzene rings is 1. The standard InChI is InChI=1S/C13H18FNO3S/c1-2-13(5-6-13)9-15-19(17,18)12-4-3-10(8-16)7-11(12)14/h3-4,7,15-16H,2,5-6,8-9H2,1H3. The van der Waals surface area contributed by atoms with Gasteiger partial charge in [0, 0.05) is 6.54 Å². The molecule has 2 N–H and O–H groups in total. The summed E-state index contributed by atoms with van der Waals surface area (Å²) in [5.74, 6) is -0.833. The van der Waals surface area contributed by atoms with Crippen LogP contribution in [-0.4, -0.2) is 20.1 Å². The Balaban J connectivity index is 2.15. The molecule has 106 valence electrons. The maximum atomic E-state index is 13.7. The smallest absolute Gasteiger partial charge is 0.243 e. The van der Waals surface area contributed by atoms with Crippen LogP contribution in [0.1, 0.15) is 31.7 Å². The number of hydrogen-bond donors (Lipinski definition) is 2. The van der Waals surface area contributed by atoms with Crippen LogP contribution < -0.4 is 4.72 Å². The summed E-state index contributed by atoms with van der Waals surface area (Å²) in [4.78, 5) is -0.364. The zero-order valence-electron chi connectivity index (χ0n) is 10.8. The Hall–Kier alpha value is -0.980. The Morgan fingerprint density at radius 2 is 2.11 bits per heavy atom. The zero-order valence-corrected chi connectivity index (χ0v) is 11.6. The van der Waals surface area contributed by atoms with E-state index >= 15 is 0 Å². The lowest BCUT2D eigenvalue weighted by molar-refractivity contribution is 0.281. The highest BCUT2D eigenvalue weighted by atomic mass is 32.2. The Labute approximate surface area is 112 Å². The topological polar surface area (TPSA) is 66.4 Å². The monoisotopic (exact) mass is 287 g/mol. The third-order valence-electron chi connectivity index (χ3n) is 3.81. The number of nitrogens with one attached hydrogen (secondary N) is 1. The lowest BCUT2D eigenvalue weighted by Gasteiger charge is -2.14. The molecular weight excluding hydrogens is 269 g/mol. The molecule has 1 aliphatic rings. The van der Waals surface area contributed by atoms with Gasteiger partial charge >= 0.3 is 0 Å². The number of halogens is 1. The van der Waals surface area contributed by atoms with Crippen LogP contribution in [0.15, 0.2) is 23.1 Å². The van der Waals surface area contributed by atoms with E-state index in [2.05, 4.69) is 4.72 Å². The molecule has 0 atom stereocenters. The molecule has 0 aliphatic heterocycles. The minimum Gasteiger partial charge on any atom is -0.392 e. The van der Waals surface area contributed by atoms with Crippen molar-refractivity contribution in [2.24, 2.45) is 5.41 Å². The Bertz CT molecular complexity index is 567. The van der Waals surface area contributed by atoms with E-state index < -0.39 is 15.8 Å². The van der Waals surface area contributed by atoms with E-state index in [-0.39, 0.29) is 16.9 Å². The van der Waals surface area contributed by atoms with Crippen molar-refractivity contribution < 1.29 is 17.9 Å². The van der Waals surface area contributed by atoms with Gasteiger partial charge in [-0.3, -0.25) is 0 Å². The van der Waals surface area contributed by atoms with E-state index in [1.54, 1.807) is 0 Å². The van der Waals surface area contributed by atoms with Crippen LogP contribution in [-0.2, 0) is 16.6 Å². The van der Waals surface area contributed by atoms with Crippen LogP contribution in [0.5, 0.6) is 0 Å². The van der Waals surface area contributed by atoms with Gasteiger partial charge in [0.15, 0.2) is 0 Å². The second-order valence-electron chi connectivity index (χ2n) is 5.10. The summed E-state index contributed by atoms with van der Waals surface area (Å²) in [5, 5.41) is 8.87. The predicted molar refractivity (Wildman–Crippen MR) is 69.5 cm³/mol. The molecular formula is C13H18FNO3S. The molecule has 0 amide bonds. The van der Waals surface area contributed by atoms with Gasteiger partial charge in [0.05, 0.1) is 6.61 Å². The lowest BCUT2D eigenvalue weighted by atomic mass is 10.1. The van der Waals surface area contributed by atoms with Crippen LogP contribution in [0.2, 0.25) is 0 Å². The Morgan fingerprint density at radius 3 is 2.58 bits per heavy atom. The van der Waals surface area contributed by atoms with Crippen molar-refractivity contribution in [2.75, 3.05) is 6.54 Å². The maximum absolute atomic E-state index is 13.7. The molecule has 0 unspecified atom stereocenters. The van der Waals surface area contributed by atoms with E-state index in [4.69, 9.17) is 5.11 Å². The SMILES string of the molecule is CCC1(CNS(=O)(=O)c2ccc(CO)cc2F)CC1. The molecule has 1 aromatic rings. The Morgan fingerprint density at radius 1 is 1.42 bits per heavy atom. The first-order chi connectivity index (χ1) is 8.92. The lowest BCUT2D eigenvalue weighted by Crippen LogP contribution is -2.30. The van der Waals surface area contributed by atoms with Gasteiger partial charge in [0.2, 0.25) is 10.0 Å². The summed E-state index contributed by atoms with van der Waals surface area (Å²) >= 11 is 0. The molecule has 0 spiro atoms. The van der Waals surface area contributed by atoms with Gasteiger partial charge in [-0.05, 0) is 42.4 Å². The number of sulfonamides is 1. The molecule has 1 aliphatic carbocycles. The highest BCUT2D eigenvalue weighted by Gasteiger charge is 2.41. The molecule has 2 rings (SSSR count). The van der Waals surface area contributed by atoms with Crippen molar-refractivity contribution in [2.45, 2.75) is 37.7 Å². The van der Waals surface area contributed by atoms with Gasteiger partial charge in [0.1, 0.15) is 10.7 Å². The Kier molecular flexibility index (Phi) is 3.94. The average Bonchev–Trinajstić information content (AvgIpc) is 3.17. The molecule has 0 heterocycles. The van der Waals surface area contributed by atoms with Gasteiger partial charge in [-0.2, -0.15) is 0 Å². The number of aliphatic hydroxyl groups excluding tert-OH is 1. The maximum Gasteiger partial charge on any atom is 0.243 e. The van der Waals surface area contributed by atoms with Crippen LogP contribution in [0.3, 0.4) is 0 Å². The van der Waals surface area contributed by atoms with E-state index in [1.165, 1.54) is 12.1 Å². The molecule has 0 saturated heterocycles. The van der Waals surface area contributed by atoms with E-state index in [9.17, 15) is 12.8 Å². The third-order valence-corrected chi connectivity index (χ3v) is 5.25. The van der Waals surface area contributed by atoms with Gasteiger partial charge in [-0.25, -0.2) is 17.5 Å². The molecule has 0 aromatic heterocycles. The van der Waals surface area contributed by atoms with Crippen LogP contribution in [0, 0.1) is 11.2 Å². The van der Waals surface area contributed by atoms with Gasteiger partial charge in [-0.15, -0.1) is 0 Å². The highest BCUT2D eigenvalue weighted by Crippen LogP contribution is 2.48. The molecule has 4 nitrogen and oxygen atoms in total. The number of hydrogen-bond acceptors (Lipinski definition) is 3. The van der Waals surface area contributed by atoms with Gasteiger partial charge in [-0.1, -0.05) is 13.0 Å². The molecule has 6 heteroatoms. The normalized spacial score (nSPS) is 17.4. The van der Waals surface area contributed by atoms with Crippen LogP contribution >= 0.6 is 0 Å². The third kappa shape index (κ3) is 3.13. The zero-order chi connectivity index (χ0) is 14.1. The molecule has 1 saturated carbocycles. The van der Waals surface area contributed by atoms with Crippen molar-refractivity contribution in [1.29, 1.82) is 0 Å². The van der Waals surface area contributed by atoms with E-state index in [0.29, 0.717) is 12.1 Å². The minimum absolute atomic E-state index is 0.0641. The van der Waals surface area contributed by atoms with Crippen molar-refractivity contribution in [3.8, 4) is 0 Å². The molecule has 1 aromatic carbocycles. The number of rotatable bonds is 6. The summed E-state index contributed by atoms with van der Waals surface area (Å²) < 4.78 is 40.3. The average molecular weight is 287 g/mol. The highest BCUT2D eigenvalue weighted by molar-refractivity contribution is 7.89. The molecule has 0 bridgehead atoms.